The van der Waals surface area contributed by atoms with Crippen LogP contribution in [0, 0.1) is 5.92 Å². The molecule has 0 aromatic carbocycles. The van der Waals surface area contributed by atoms with Crippen LogP contribution >= 0.6 is 0 Å². The molecule has 0 aromatic rings. The van der Waals surface area contributed by atoms with E-state index in [4.69, 9.17) is 0 Å². The van der Waals surface area contributed by atoms with Gasteiger partial charge >= 0.3 is 0 Å². The maximum atomic E-state index is 9.61. The Morgan fingerprint density at radius 3 is 2.53 bits per heavy atom. The van der Waals surface area contributed by atoms with Gasteiger partial charge in [-0.1, -0.05) is 13.8 Å². The van der Waals surface area contributed by atoms with E-state index in [-0.39, 0.29) is 12.1 Å². The molecule has 0 spiro atoms. The SMILES string of the molecule is CNC1(CO)CCCC(N(C)C(C)C(C)C)C1. The second-order valence-corrected chi connectivity index (χ2v) is 6.09. The van der Waals surface area contributed by atoms with Gasteiger partial charge in [0.1, 0.15) is 0 Å². The zero-order valence-corrected chi connectivity index (χ0v) is 12.2. The summed E-state index contributed by atoms with van der Waals surface area (Å²) in [6.07, 6.45) is 4.63. The Morgan fingerprint density at radius 2 is 2.06 bits per heavy atom. The topological polar surface area (TPSA) is 35.5 Å². The van der Waals surface area contributed by atoms with Crippen LogP contribution in [-0.4, -0.2) is 48.3 Å². The molecular formula is C14H30N2O. The lowest BCUT2D eigenvalue weighted by molar-refractivity contribution is 0.0502. The molecule has 102 valence electrons. The van der Waals surface area contributed by atoms with Gasteiger partial charge in [0.25, 0.3) is 0 Å². The van der Waals surface area contributed by atoms with Crippen molar-refractivity contribution in [2.75, 3.05) is 20.7 Å². The molecule has 1 fully saturated rings. The minimum Gasteiger partial charge on any atom is -0.394 e. The zero-order valence-electron chi connectivity index (χ0n) is 12.2. The average Bonchev–Trinajstić information content (AvgIpc) is 2.36. The van der Waals surface area contributed by atoms with Crippen LogP contribution in [-0.2, 0) is 0 Å². The van der Waals surface area contributed by atoms with Crippen LogP contribution in [0.2, 0.25) is 0 Å². The van der Waals surface area contributed by atoms with Crippen LogP contribution in [0.1, 0.15) is 46.5 Å². The molecule has 0 radical (unpaired) electrons. The fourth-order valence-electron chi connectivity index (χ4n) is 2.93. The molecule has 1 saturated carbocycles. The predicted molar refractivity (Wildman–Crippen MR) is 73.2 cm³/mol. The molecule has 1 rings (SSSR count). The number of likely N-dealkylation sites (N-methyl/N-ethyl adjacent to an activating group) is 1. The van der Waals surface area contributed by atoms with Gasteiger partial charge in [0.2, 0.25) is 0 Å². The summed E-state index contributed by atoms with van der Waals surface area (Å²) in [5.41, 5.74) is -0.0477. The fourth-order valence-corrected chi connectivity index (χ4v) is 2.93. The molecular weight excluding hydrogens is 212 g/mol. The van der Waals surface area contributed by atoms with Crippen LogP contribution in [0.3, 0.4) is 0 Å². The summed E-state index contributed by atoms with van der Waals surface area (Å²) in [6, 6.07) is 1.20. The smallest absolute Gasteiger partial charge is 0.0613 e. The van der Waals surface area contributed by atoms with Gasteiger partial charge in [0, 0.05) is 17.6 Å². The van der Waals surface area contributed by atoms with E-state index < -0.39 is 0 Å². The second kappa shape index (κ2) is 6.17. The first-order valence-corrected chi connectivity index (χ1v) is 6.97. The highest BCUT2D eigenvalue weighted by molar-refractivity contribution is 4.96. The first-order chi connectivity index (χ1) is 7.95. The summed E-state index contributed by atoms with van der Waals surface area (Å²) in [5.74, 6) is 0.681. The Hall–Kier alpha value is -0.120. The number of nitrogens with zero attached hydrogens (tertiary/aromatic N) is 1. The molecule has 2 N–H and O–H groups in total. The molecule has 3 heteroatoms. The van der Waals surface area contributed by atoms with Gasteiger partial charge in [-0.15, -0.1) is 0 Å². The summed E-state index contributed by atoms with van der Waals surface area (Å²) in [4.78, 5) is 2.51. The lowest BCUT2D eigenvalue weighted by atomic mass is 9.78. The van der Waals surface area contributed by atoms with Crippen molar-refractivity contribution in [3.63, 3.8) is 0 Å². The molecule has 3 atom stereocenters. The van der Waals surface area contributed by atoms with E-state index in [9.17, 15) is 5.11 Å². The molecule has 0 aliphatic heterocycles. The zero-order chi connectivity index (χ0) is 13.1. The van der Waals surface area contributed by atoms with Gasteiger partial charge in [-0.05, 0) is 52.6 Å². The van der Waals surface area contributed by atoms with Crippen molar-refractivity contribution in [1.29, 1.82) is 0 Å². The minimum atomic E-state index is -0.0477. The van der Waals surface area contributed by atoms with Crippen molar-refractivity contribution in [2.45, 2.75) is 64.1 Å². The lowest BCUT2D eigenvalue weighted by Gasteiger charge is -2.45. The molecule has 0 aromatic heterocycles. The Bertz CT molecular complexity index is 226. The highest BCUT2D eigenvalue weighted by Gasteiger charge is 2.37. The maximum Gasteiger partial charge on any atom is 0.0613 e. The number of nitrogens with one attached hydrogen (secondary N) is 1. The quantitative estimate of drug-likeness (QED) is 0.772. The fraction of sp³-hybridized carbons (Fsp3) is 1.00. The standard InChI is InChI=1S/C14H30N2O/c1-11(2)12(3)16(5)13-7-6-8-14(9-13,10-17)15-4/h11-13,15,17H,6-10H2,1-5H3. The van der Waals surface area contributed by atoms with Crippen molar-refractivity contribution in [3.05, 3.63) is 0 Å². The van der Waals surface area contributed by atoms with Gasteiger partial charge in [-0.25, -0.2) is 0 Å². The van der Waals surface area contributed by atoms with E-state index in [2.05, 4.69) is 38.0 Å². The molecule has 0 bridgehead atoms. The van der Waals surface area contributed by atoms with Crippen LogP contribution in [0.25, 0.3) is 0 Å². The number of aliphatic hydroxyl groups is 1. The normalized spacial score (nSPS) is 32.1. The number of aliphatic hydroxyl groups excluding tert-OH is 1. The summed E-state index contributed by atoms with van der Waals surface area (Å²) in [5, 5.41) is 13.0. The molecule has 1 aliphatic rings. The third kappa shape index (κ3) is 3.43. The lowest BCUT2D eigenvalue weighted by Crippen LogP contribution is -2.55. The van der Waals surface area contributed by atoms with Gasteiger partial charge in [-0.2, -0.15) is 0 Å². The summed E-state index contributed by atoms with van der Waals surface area (Å²) < 4.78 is 0. The molecule has 3 nitrogen and oxygen atoms in total. The van der Waals surface area contributed by atoms with E-state index in [1.807, 2.05) is 7.05 Å². The van der Waals surface area contributed by atoms with E-state index >= 15 is 0 Å². The van der Waals surface area contributed by atoms with Gasteiger partial charge in [0.15, 0.2) is 0 Å². The van der Waals surface area contributed by atoms with E-state index in [0.29, 0.717) is 18.0 Å². The molecule has 17 heavy (non-hydrogen) atoms. The Labute approximate surface area is 107 Å². The van der Waals surface area contributed by atoms with Crippen LogP contribution in [0.4, 0.5) is 0 Å². The van der Waals surface area contributed by atoms with Crippen molar-refractivity contribution in [2.24, 2.45) is 5.92 Å². The van der Waals surface area contributed by atoms with Gasteiger partial charge in [-0.3, -0.25) is 0 Å². The Morgan fingerprint density at radius 1 is 1.41 bits per heavy atom. The third-order valence-electron chi connectivity index (χ3n) is 4.84. The van der Waals surface area contributed by atoms with E-state index in [0.717, 1.165) is 12.8 Å². The average molecular weight is 242 g/mol. The van der Waals surface area contributed by atoms with Crippen molar-refractivity contribution < 1.29 is 5.11 Å². The van der Waals surface area contributed by atoms with Crippen molar-refractivity contribution in [3.8, 4) is 0 Å². The molecule has 0 amide bonds. The Balaban J connectivity index is 2.66. The largest absolute Gasteiger partial charge is 0.394 e. The molecule has 0 heterocycles. The van der Waals surface area contributed by atoms with Gasteiger partial charge in [0.05, 0.1) is 6.61 Å². The first-order valence-electron chi connectivity index (χ1n) is 6.97. The summed E-state index contributed by atoms with van der Waals surface area (Å²) in [6.45, 7) is 7.12. The van der Waals surface area contributed by atoms with E-state index in [1.165, 1.54) is 12.8 Å². The summed E-state index contributed by atoms with van der Waals surface area (Å²) in [7, 11) is 4.21. The van der Waals surface area contributed by atoms with Crippen LogP contribution < -0.4 is 5.32 Å². The number of rotatable bonds is 5. The van der Waals surface area contributed by atoms with Crippen molar-refractivity contribution in [1.82, 2.24) is 10.2 Å². The highest BCUT2D eigenvalue weighted by Crippen LogP contribution is 2.31. The number of hydrogen-bond acceptors (Lipinski definition) is 3. The van der Waals surface area contributed by atoms with Crippen molar-refractivity contribution >= 4 is 0 Å². The Kier molecular flexibility index (Phi) is 5.42. The maximum absolute atomic E-state index is 9.61. The number of hydrogen-bond donors (Lipinski definition) is 2. The van der Waals surface area contributed by atoms with E-state index in [1.54, 1.807) is 0 Å². The predicted octanol–water partition coefficient (Wildman–Crippen LogP) is 1.86. The van der Waals surface area contributed by atoms with Crippen LogP contribution in [0.5, 0.6) is 0 Å². The van der Waals surface area contributed by atoms with Crippen LogP contribution in [0.15, 0.2) is 0 Å². The molecule has 1 aliphatic carbocycles. The third-order valence-corrected chi connectivity index (χ3v) is 4.84. The monoisotopic (exact) mass is 242 g/mol. The highest BCUT2D eigenvalue weighted by atomic mass is 16.3. The van der Waals surface area contributed by atoms with Gasteiger partial charge < -0.3 is 15.3 Å². The molecule has 3 unspecified atom stereocenters. The minimum absolute atomic E-state index is 0.0477. The second-order valence-electron chi connectivity index (χ2n) is 6.09. The molecule has 0 saturated heterocycles. The first kappa shape index (κ1) is 14.9. The summed E-state index contributed by atoms with van der Waals surface area (Å²) >= 11 is 0.